The van der Waals surface area contributed by atoms with Crippen molar-refractivity contribution in [3.05, 3.63) is 82.0 Å². The molecule has 1 heterocycles. The Morgan fingerprint density at radius 3 is 2.44 bits per heavy atom. The minimum atomic E-state index is -1.17. The summed E-state index contributed by atoms with van der Waals surface area (Å²) in [6, 6.07) is 12.5. The number of aromatic nitrogens is 1. The van der Waals surface area contributed by atoms with Crippen LogP contribution in [0.5, 0.6) is 5.75 Å². The summed E-state index contributed by atoms with van der Waals surface area (Å²) >= 11 is 0. The maximum atomic E-state index is 14.1. The summed E-state index contributed by atoms with van der Waals surface area (Å²) in [5.74, 6) is -1.60. The minimum absolute atomic E-state index is 0.0197. The number of rotatable bonds is 7. The van der Waals surface area contributed by atoms with Gasteiger partial charge in [-0.05, 0) is 52.9 Å². The van der Waals surface area contributed by atoms with E-state index in [2.05, 4.69) is 5.32 Å². The fraction of sp³-hybridized carbons (Fsp3) is 0.208. The maximum Gasteiger partial charge on any atom is 0.323 e. The molecule has 0 aliphatic rings. The van der Waals surface area contributed by atoms with Crippen LogP contribution in [0.15, 0.2) is 59.5 Å². The highest BCUT2D eigenvalue weighted by Crippen LogP contribution is 2.30. The molecule has 3 rings (SSSR count). The van der Waals surface area contributed by atoms with Crippen LogP contribution in [-0.2, 0) is 11.3 Å². The molecule has 0 aliphatic heterocycles. The Labute approximate surface area is 184 Å². The predicted octanol–water partition coefficient (Wildman–Crippen LogP) is 4.12. The third-order valence-electron chi connectivity index (χ3n) is 4.94. The average Bonchev–Trinajstić information content (AvgIpc) is 2.75. The van der Waals surface area contributed by atoms with Crippen molar-refractivity contribution in [2.75, 3.05) is 12.4 Å². The lowest BCUT2D eigenvalue weighted by Gasteiger charge is -2.14. The van der Waals surface area contributed by atoms with Crippen LogP contribution in [0.2, 0.25) is 0 Å². The van der Waals surface area contributed by atoms with Gasteiger partial charge in [-0.25, -0.2) is 4.39 Å². The molecular weight excluding hydrogens is 415 g/mol. The van der Waals surface area contributed by atoms with Crippen molar-refractivity contribution in [2.45, 2.75) is 26.3 Å². The molecule has 7 nitrogen and oxygen atoms in total. The summed E-state index contributed by atoms with van der Waals surface area (Å²) in [5.41, 5.74) is 2.17. The van der Waals surface area contributed by atoms with Gasteiger partial charge >= 0.3 is 5.97 Å². The third-order valence-corrected chi connectivity index (χ3v) is 4.94. The van der Waals surface area contributed by atoms with Crippen molar-refractivity contribution in [3.63, 3.8) is 0 Å². The van der Waals surface area contributed by atoms with Crippen LogP contribution in [0.3, 0.4) is 0 Å². The van der Waals surface area contributed by atoms with E-state index in [-0.39, 0.29) is 23.0 Å². The Morgan fingerprint density at radius 2 is 1.78 bits per heavy atom. The van der Waals surface area contributed by atoms with Gasteiger partial charge in [0.15, 0.2) is 0 Å². The zero-order valence-electron chi connectivity index (χ0n) is 17.9. The highest BCUT2D eigenvalue weighted by atomic mass is 19.1. The zero-order valence-corrected chi connectivity index (χ0v) is 17.9. The molecule has 0 aliphatic carbocycles. The zero-order chi connectivity index (χ0) is 23.4. The second-order valence-corrected chi connectivity index (χ2v) is 7.54. The molecule has 1 amide bonds. The number of aliphatic carboxylic acids is 1. The molecule has 0 unspecified atom stereocenters. The molecule has 0 fully saturated rings. The second kappa shape index (κ2) is 9.47. The molecule has 3 aromatic rings. The molecule has 0 saturated heterocycles. The number of carbonyl (C=O) groups excluding carboxylic acids is 1. The van der Waals surface area contributed by atoms with E-state index < -0.39 is 24.0 Å². The number of hydrogen-bond donors (Lipinski definition) is 2. The Bertz CT molecular complexity index is 1230. The van der Waals surface area contributed by atoms with Crippen LogP contribution in [0.4, 0.5) is 10.1 Å². The lowest BCUT2D eigenvalue weighted by molar-refractivity contribution is -0.137. The van der Waals surface area contributed by atoms with Crippen LogP contribution in [0, 0.1) is 5.82 Å². The first-order chi connectivity index (χ1) is 15.2. The van der Waals surface area contributed by atoms with Gasteiger partial charge in [-0.3, -0.25) is 14.4 Å². The molecule has 8 heteroatoms. The smallest absolute Gasteiger partial charge is 0.323 e. The standard InChI is InChI=1S/C24H23FN2O5/c1-14(2)19-10-15(5-8-20(19)25)16-4-7-18(21(11-16)32-3)24(31)26-17-6-9-22(28)27(12-17)13-23(29)30/h4-12,14H,13H2,1-3H3,(H,26,31)(H,29,30). The monoisotopic (exact) mass is 438 g/mol. The quantitative estimate of drug-likeness (QED) is 0.578. The van der Waals surface area contributed by atoms with Gasteiger partial charge in [-0.15, -0.1) is 0 Å². The molecular formula is C24H23FN2O5. The van der Waals surface area contributed by atoms with Gasteiger partial charge < -0.3 is 19.7 Å². The first kappa shape index (κ1) is 22.7. The van der Waals surface area contributed by atoms with Gasteiger partial charge in [0, 0.05) is 12.3 Å². The Balaban J connectivity index is 1.90. The molecule has 2 aromatic carbocycles. The Hall–Kier alpha value is -3.94. The number of carbonyl (C=O) groups is 2. The fourth-order valence-electron chi connectivity index (χ4n) is 3.30. The van der Waals surface area contributed by atoms with Gasteiger partial charge in [0.05, 0.1) is 18.4 Å². The third kappa shape index (κ3) is 5.03. The number of benzene rings is 2. The number of carboxylic acids is 1. The van der Waals surface area contributed by atoms with Crippen molar-refractivity contribution >= 4 is 17.6 Å². The molecule has 32 heavy (non-hydrogen) atoms. The van der Waals surface area contributed by atoms with E-state index in [0.29, 0.717) is 11.3 Å². The predicted molar refractivity (Wildman–Crippen MR) is 119 cm³/mol. The summed E-state index contributed by atoms with van der Waals surface area (Å²) in [7, 11) is 1.44. The van der Waals surface area contributed by atoms with Crippen LogP contribution in [-0.4, -0.2) is 28.7 Å². The van der Waals surface area contributed by atoms with E-state index in [1.807, 2.05) is 13.8 Å². The number of carboxylic acid groups (broad SMARTS) is 1. The van der Waals surface area contributed by atoms with E-state index in [1.54, 1.807) is 30.3 Å². The van der Waals surface area contributed by atoms with Crippen molar-refractivity contribution < 1.29 is 23.8 Å². The van der Waals surface area contributed by atoms with E-state index in [0.717, 1.165) is 15.7 Å². The van der Waals surface area contributed by atoms with Crippen LogP contribution < -0.4 is 15.6 Å². The number of methoxy groups -OCH3 is 1. The lowest BCUT2D eigenvalue weighted by Crippen LogP contribution is -2.24. The first-order valence-electron chi connectivity index (χ1n) is 9.91. The number of nitrogens with one attached hydrogen (secondary N) is 1. The summed E-state index contributed by atoms with van der Waals surface area (Å²) in [4.78, 5) is 35.5. The van der Waals surface area contributed by atoms with E-state index >= 15 is 0 Å². The minimum Gasteiger partial charge on any atom is -0.496 e. The molecule has 0 bridgehead atoms. The maximum absolute atomic E-state index is 14.1. The SMILES string of the molecule is COc1cc(-c2ccc(F)c(C(C)C)c2)ccc1C(=O)Nc1ccc(=O)n(CC(=O)O)c1. The first-order valence-corrected chi connectivity index (χ1v) is 9.91. The average molecular weight is 438 g/mol. The summed E-state index contributed by atoms with van der Waals surface area (Å²) in [6.07, 6.45) is 1.27. The van der Waals surface area contributed by atoms with Crippen LogP contribution >= 0.6 is 0 Å². The molecule has 2 N–H and O–H groups in total. The largest absolute Gasteiger partial charge is 0.496 e. The lowest BCUT2D eigenvalue weighted by atomic mass is 9.96. The molecule has 0 atom stereocenters. The van der Waals surface area contributed by atoms with Crippen LogP contribution in [0.1, 0.15) is 35.7 Å². The normalized spacial score (nSPS) is 10.8. The van der Waals surface area contributed by atoms with Crippen molar-refractivity contribution in [3.8, 4) is 16.9 Å². The van der Waals surface area contributed by atoms with Gasteiger partial charge in [0.25, 0.3) is 11.5 Å². The molecule has 0 spiro atoms. The Kier molecular flexibility index (Phi) is 6.73. The second-order valence-electron chi connectivity index (χ2n) is 7.54. The number of hydrogen-bond acceptors (Lipinski definition) is 4. The fourth-order valence-corrected chi connectivity index (χ4v) is 3.30. The van der Waals surface area contributed by atoms with Crippen molar-refractivity contribution in [2.24, 2.45) is 0 Å². The number of pyridine rings is 1. The van der Waals surface area contributed by atoms with E-state index in [1.165, 1.54) is 31.5 Å². The Morgan fingerprint density at radius 1 is 1.09 bits per heavy atom. The highest BCUT2D eigenvalue weighted by molar-refractivity contribution is 6.06. The molecule has 1 aromatic heterocycles. The van der Waals surface area contributed by atoms with Gasteiger partial charge in [0.1, 0.15) is 18.1 Å². The van der Waals surface area contributed by atoms with Crippen molar-refractivity contribution in [1.29, 1.82) is 0 Å². The number of ether oxygens (including phenoxy) is 1. The summed E-state index contributed by atoms with van der Waals surface area (Å²) < 4.78 is 20.4. The topological polar surface area (TPSA) is 97.6 Å². The van der Waals surface area contributed by atoms with Gasteiger partial charge in [-0.1, -0.05) is 26.0 Å². The van der Waals surface area contributed by atoms with E-state index in [9.17, 15) is 18.8 Å². The number of anilines is 1. The summed E-state index contributed by atoms with van der Waals surface area (Å²) in [5, 5.41) is 11.6. The number of halogens is 1. The van der Waals surface area contributed by atoms with Crippen molar-refractivity contribution in [1.82, 2.24) is 4.57 Å². The highest BCUT2D eigenvalue weighted by Gasteiger charge is 2.16. The van der Waals surface area contributed by atoms with Gasteiger partial charge in [0.2, 0.25) is 0 Å². The van der Waals surface area contributed by atoms with Crippen LogP contribution in [0.25, 0.3) is 11.1 Å². The van der Waals surface area contributed by atoms with Gasteiger partial charge in [-0.2, -0.15) is 0 Å². The number of nitrogens with zero attached hydrogens (tertiary/aromatic N) is 1. The molecule has 166 valence electrons. The molecule has 0 saturated carbocycles. The molecule has 0 radical (unpaired) electrons. The number of amides is 1. The summed E-state index contributed by atoms with van der Waals surface area (Å²) in [6.45, 7) is 3.31. The van der Waals surface area contributed by atoms with E-state index in [4.69, 9.17) is 9.84 Å².